The number of nitrogens with one attached hydrogen (secondary N) is 1. The van der Waals surface area contributed by atoms with Crippen molar-refractivity contribution in [2.75, 3.05) is 0 Å². The van der Waals surface area contributed by atoms with E-state index < -0.39 is 24.0 Å². The number of thiophene rings is 1. The SMILES string of the molecule is O=C(NC1CCCCC1C(F)(F)F)c1ccsc1. The van der Waals surface area contributed by atoms with E-state index in [0.29, 0.717) is 18.4 Å². The van der Waals surface area contributed by atoms with E-state index in [0.717, 1.165) is 6.42 Å². The summed E-state index contributed by atoms with van der Waals surface area (Å²) in [5.41, 5.74) is 0.437. The third kappa shape index (κ3) is 3.04. The van der Waals surface area contributed by atoms with Gasteiger partial charge < -0.3 is 5.32 Å². The lowest BCUT2D eigenvalue weighted by molar-refractivity contribution is -0.187. The van der Waals surface area contributed by atoms with Crippen molar-refractivity contribution in [3.05, 3.63) is 22.4 Å². The van der Waals surface area contributed by atoms with Crippen molar-refractivity contribution in [3.63, 3.8) is 0 Å². The molecule has 1 amide bonds. The molecule has 1 aliphatic carbocycles. The molecule has 2 nitrogen and oxygen atoms in total. The van der Waals surface area contributed by atoms with Gasteiger partial charge in [-0.15, -0.1) is 0 Å². The highest BCUT2D eigenvalue weighted by molar-refractivity contribution is 7.08. The van der Waals surface area contributed by atoms with Gasteiger partial charge in [-0.25, -0.2) is 0 Å². The zero-order valence-electron chi connectivity index (χ0n) is 9.67. The quantitative estimate of drug-likeness (QED) is 0.879. The Hall–Kier alpha value is -1.04. The Bertz CT molecular complexity index is 402. The lowest BCUT2D eigenvalue weighted by atomic mass is 9.84. The first kappa shape index (κ1) is 13.4. The molecule has 1 heterocycles. The minimum atomic E-state index is -4.23. The van der Waals surface area contributed by atoms with E-state index in [-0.39, 0.29) is 6.42 Å². The van der Waals surface area contributed by atoms with Crippen LogP contribution in [0.3, 0.4) is 0 Å². The molecule has 0 radical (unpaired) electrons. The lowest BCUT2D eigenvalue weighted by Gasteiger charge is -2.33. The maximum Gasteiger partial charge on any atom is 0.393 e. The topological polar surface area (TPSA) is 29.1 Å². The molecule has 100 valence electrons. The van der Waals surface area contributed by atoms with Crippen molar-refractivity contribution in [1.82, 2.24) is 5.32 Å². The molecular weight excluding hydrogens is 263 g/mol. The van der Waals surface area contributed by atoms with Crippen molar-refractivity contribution in [2.24, 2.45) is 5.92 Å². The Morgan fingerprint density at radius 2 is 2.06 bits per heavy atom. The number of carbonyl (C=O) groups is 1. The fourth-order valence-electron chi connectivity index (χ4n) is 2.34. The number of hydrogen-bond donors (Lipinski definition) is 1. The summed E-state index contributed by atoms with van der Waals surface area (Å²) in [6.45, 7) is 0. The number of hydrogen-bond acceptors (Lipinski definition) is 2. The Morgan fingerprint density at radius 3 is 2.67 bits per heavy atom. The highest BCUT2D eigenvalue weighted by Crippen LogP contribution is 2.37. The summed E-state index contributed by atoms with van der Waals surface area (Å²) in [4.78, 5) is 11.8. The van der Waals surface area contributed by atoms with Gasteiger partial charge in [-0.05, 0) is 24.3 Å². The molecule has 0 aromatic carbocycles. The lowest BCUT2D eigenvalue weighted by Crippen LogP contribution is -2.47. The van der Waals surface area contributed by atoms with Gasteiger partial charge >= 0.3 is 6.18 Å². The molecule has 18 heavy (non-hydrogen) atoms. The molecule has 6 heteroatoms. The van der Waals surface area contributed by atoms with Gasteiger partial charge in [0.05, 0.1) is 5.92 Å². The Morgan fingerprint density at radius 1 is 1.33 bits per heavy atom. The molecule has 1 saturated carbocycles. The van der Waals surface area contributed by atoms with Crippen molar-refractivity contribution < 1.29 is 18.0 Å². The van der Waals surface area contributed by atoms with E-state index in [2.05, 4.69) is 5.32 Å². The molecule has 0 spiro atoms. The van der Waals surface area contributed by atoms with Crippen LogP contribution in [0.2, 0.25) is 0 Å². The molecule has 1 fully saturated rings. The minimum absolute atomic E-state index is 0.109. The van der Waals surface area contributed by atoms with Crippen LogP contribution in [-0.2, 0) is 0 Å². The van der Waals surface area contributed by atoms with E-state index in [1.807, 2.05) is 0 Å². The monoisotopic (exact) mass is 277 g/mol. The number of carbonyl (C=O) groups excluding carboxylic acids is 1. The first-order valence-electron chi connectivity index (χ1n) is 5.88. The van der Waals surface area contributed by atoms with Crippen LogP contribution in [0.15, 0.2) is 16.8 Å². The molecule has 0 saturated heterocycles. The fourth-order valence-corrected chi connectivity index (χ4v) is 2.98. The second kappa shape index (κ2) is 5.30. The number of amides is 1. The van der Waals surface area contributed by atoms with Crippen molar-refractivity contribution in [1.29, 1.82) is 0 Å². The van der Waals surface area contributed by atoms with Crippen LogP contribution in [0, 0.1) is 5.92 Å². The van der Waals surface area contributed by atoms with Crippen molar-refractivity contribution >= 4 is 17.2 Å². The van der Waals surface area contributed by atoms with Gasteiger partial charge in [-0.3, -0.25) is 4.79 Å². The van der Waals surface area contributed by atoms with Gasteiger partial charge in [0.1, 0.15) is 0 Å². The number of rotatable bonds is 2. The summed E-state index contributed by atoms with van der Waals surface area (Å²) < 4.78 is 38.5. The number of alkyl halides is 3. The summed E-state index contributed by atoms with van der Waals surface area (Å²) >= 11 is 1.35. The molecule has 1 aromatic rings. The largest absolute Gasteiger partial charge is 0.393 e. The van der Waals surface area contributed by atoms with E-state index in [1.165, 1.54) is 11.3 Å². The number of halogens is 3. The smallest absolute Gasteiger partial charge is 0.349 e. The highest BCUT2D eigenvalue weighted by Gasteiger charge is 2.45. The van der Waals surface area contributed by atoms with Crippen LogP contribution in [0.4, 0.5) is 13.2 Å². The molecule has 2 atom stereocenters. The average molecular weight is 277 g/mol. The second-order valence-electron chi connectivity index (χ2n) is 4.52. The molecule has 2 unspecified atom stereocenters. The third-order valence-electron chi connectivity index (χ3n) is 3.29. The minimum Gasteiger partial charge on any atom is -0.349 e. The molecule has 0 bridgehead atoms. The van der Waals surface area contributed by atoms with Crippen LogP contribution in [-0.4, -0.2) is 18.1 Å². The molecule has 0 aliphatic heterocycles. The van der Waals surface area contributed by atoms with Crippen LogP contribution in [0.5, 0.6) is 0 Å². The standard InChI is InChI=1S/C12H14F3NOS/c13-12(14,15)9-3-1-2-4-10(9)16-11(17)8-5-6-18-7-8/h5-7,9-10H,1-4H2,(H,16,17). The molecule has 2 rings (SSSR count). The summed E-state index contributed by atoms with van der Waals surface area (Å²) in [6, 6.07) is 0.831. The Labute approximate surface area is 107 Å². The second-order valence-corrected chi connectivity index (χ2v) is 5.30. The normalized spacial score (nSPS) is 24.8. The first-order valence-corrected chi connectivity index (χ1v) is 6.82. The highest BCUT2D eigenvalue weighted by atomic mass is 32.1. The Kier molecular flexibility index (Phi) is 3.94. The van der Waals surface area contributed by atoms with Crippen LogP contribution >= 0.6 is 11.3 Å². The maximum absolute atomic E-state index is 12.8. The molecule has 1 aromatic heterocycles. The predicted molar refractivity (Wildman–Crippen MR) is 63.6 cm³/mol. The van der Waals surface area contributed by atoms with Gasteiger partial charge in [0, 0.05) is 17.0 Å². The third-order valence-corrected chi connectivity index (χ3v) is 3.97. The average Bonchev–Trinajstić information content (AvgIpc) is 2.81. The maximum atomic E-state index is 12.8. The van der Waals surface area contributed by atoms with Gasteiger partial charge in [0.2, 0.25) is 0 Å². The first-order chi connectivity index (χ1) is 8.48. The van der Waals surface area contributed by atoms with Crippen LogP contribution in [0.1, 0.15) is 36.0 Å². The van der Waals surface area contributed by atoms with Gasteiger partial charge in [0.25, 0.3) is 5.91 Å². The zero-order chi connectivity index (χ0) is 13.2. The van der Waals surface area contributed by atoms with Crippen LogP contribution < -0.4 is 5.32 Å². The van der Waals surface area contributed by atoms with Crippen molar-refractivity contribution in [2.45, 2.75) is 37.9 Å². The van der Waals surface area contributed by atoms with E-state index in [9.17, 15) is 18.0 Å². The van der Waals surface area contributed by atoms with E-state index in [1.54, 1.807) is 16.8 Å². The predicted octanol–water partition coefficient (Wildman–Crippen LogP) is 3.60. The van der Waals surface area contributed by atoms with E-state index in [4.69, 9.17) is 0 Å². The summed E-state index contributed by atoms with van der Waals surface area (Å²) in [7, 11) is 0. The van der Waals surface area contributed by atoms with Crippen LogP contribution in [0.25, 0.3) is 0 Å². The molecule has 1 aliphatic rings. The van der Waals surface area contributed by atoms with E-state index >= 15 is 0 Å². The molecule has 1 N–H and O–H groups in total. The van der Waals surface area contributed by atoms with Gasteiger partial charge in [-0.2, -0.15) is 24.5 Å². The van der Waals surface area contributed by atoms with Crippen molar-refractivity contribution in [3.8, 4) is 0 Å². The fraction of sp³-hybridized carbons (Fsp3) is 0.583. The molecular formula is C12H14F3NOS. The summed E-state index contributed by atoms with van der Waals surface area (Å²) in [5.74, 6) is -1.81. The summed E-state index contributed by atoms with van der Waals surface area (Å²) in [6.07, 6.45) is -2.40. The van der Waals surface area contributed by atoms with Gasteiger partial charge in [-0.1, -0.05) is 12.8 Å². The summed E-state index contributed by atoms with van der Waals surface area (Å²) in [5, 5.41) is 5.90. The Balaban J connectivity index is 2.04. The zero-order valence-corrected chi connectivity index (χ0v) is 10.5. The van der Waals surface area contributed by atoms with Gasteiger partial charge in [0.15, 0.2) is 0 Å².